The van der Waals surface area contributed by atoms with E-state index in [1.807, 2.05) is 0 Å². The smallest absolute Gasteiger partial charge is 0.0538 e. The van der Waals surface area contributed by atoms with Crippen LogP contribution in [0.25, 0.3) is 0 Å². The van der Waals surface area contributed by atoms with Crippen molar-refractivity contribution in [2.75, 3.05) is 19.6 Å². The molecule has 0 aromatic rings. The van der Waals surface area contributed by atoms with Gasteiger partial charge in [-0.25, -0.2) is 0 Å². The summed E-state index contributed by atoms with van der Waals surface area (Å²) in [6, 6.07) is 0. The van der Waals surface area contributed by atoms with Gasteiger partial charge in [-0.2, -0.15) is 0 Å². The number of aliphatic hydroxyl groups excluding tert-OH is 1. The quantitative estimate of drug-likeness (QED) is 0.771. The third kappa shape index (κ3) is 5.87. The Bertz CT molecular complexity index is 193. The first-order valence-electron chi connectivity index (χ1n) is 7.54. The average molecular weight is 241 g/mol. The summed E-state index contributed by atoms with van der Waals surface area (Å²) in [5.41, 5.74) is 0. The predicted molar refractivity (Wildman–Crippen MR) is 74.2 cm³/mol. The number of hydrogen-bond acceptors (Lipinski definition) is 2. The highest BCUT2D eigenvalue weighted by Crippen LogP contribution is 2.24. The molecule has 1 N–H and O–H groups in total. The molecule has 2 heteroatoms. The topological polar surface area (TPSA) is 23.5 Å². The molecule has 0 radical (unpaired) electrons. The van der Waals surface area contributed by atoms with E-state index in [4.69, 9.17) is 0 Å². The molecule has 0 aliphatic carbocycles. The van der Waals surface area contributed by atoms with Crippen LogP contribution in [0.4, 0.5) is 0 Å². The molecule has 1 aliphatic rings. The summed E-state index contributed by atoms with van der Waals surface area (Å²) in [5.74, 6) is 1.78. The highest BCUT2D eigenvalue weighted by molar-refractivity contribution is 4.72. The zero-order chi connectivity index (χ0) is 12.7. The zero-order valence-electron chi connectivity index (χ0n) is 12.0. The molecule has 0 aromatic heterocycles. The molecule has 17 heavy (non-hydrogen) atoms. The lowest BCUT2D eigenvalue weighted by atomic mass is 9.89. The van der Waals surface area contributed by atoms with Crippen LogP contribution in [0.5, 0.6) is 0 Å². The van der Waals surface area contributed by atoms with E-state index in [0.717, 1.165) is 31.1 Å². The van der Waals surface area contributed by atoms with Crippen LogP contribution >= 0.6 is 0 Å². The van der Waals surface area contributed by atoms with Gasteiger partial charge in [-0.15, -0.1) is 0 Å². The second-order valence-corrected chi connectivity index (χ2v) is 5.98. The molecule has 2 atom stereocenters. The maximum Gasteiger partial charge on any atom is 0.0538 e. The summed E-state index contributed by atoms with van der Waals surface area (Å²) >= 11 is 0. The first kappa shape index (κ1) is 15.0. The van der Waals surface area contributed by atoms with Gasteiger partial charge < -0.3 is 10.0 Å². The predicted octanol–water partition coefficient (Wildman–Crippen LogP) is 3.30. The number of rotatable bonds is 6. The van der Waals surface area contributed by atoms with Gasteiger partial charge in [0, 0.05) is 0 Å². The van der Waals surface area contributed by atoms with Crippen LogP contribution in [0.15, 0.2) is 0 Å². The van der Waals surface area contributed by atoms with E-state index in [1.165, 1.54) is 38.9 Å². The second-order valence-electron chi connectivity index (χ2n) is 5.98. The Labute approximate surface area is 107 Å². The molecule has 0 spiro atoms. The number of nitrogens with zero attached hydrogens (tertiary/aromatic N) is 1. The third-order valence-electron chi connectivity index (χ3n) is 4.29. The van der Waals surface area contributed by atoms with Crippen LogP contribution < -0.4 is 0 Å². The molecule has 2 nitrogen and oxygen atoms in total. The number of likely N-dealkylation sites (tertiary alicyclic amines) is 1. The fraction of sp³-hybridized carbons (Fsp3) is 1.00. The molecule has 1 saturated heterocycles. The van der Waals surface area contributed by atoms with E-state index in [-0.39, 0.29) is 6.10 Å². The second kappa shape index (κ2) is 8.10. The van der Waals surface area contributed by atoms with E-state index in [2.05, 4.69) is 25.7 Å². The Kier molecular flexibility index (Phi) is 7.14. The van der Waals surface area contributed by atoms with Gasteiger partial charge in [0.15, 0.2) is 0 Å². The highest BCUT2D eigenvalue weighted by atomic mass is 16.3. The summed E-state index contributed by atoms with van der Waals surface area (Å²) in [6.45, 7) is 10.5. The molecule has 2 unspecified atom stereocenters. The molecular formula is C15H31NO. The van der Waals surface area contributed by atoms with Crippen LogP contribution in [0.2, 0.25) is 0 Å². The first-order valence-corrected chi connectivity index (χ1v) is 7.54. The monoisotopic (exact) mass is 241 g/mol. The largest absolute Gasteiger partial charge is 0.393 e. The van der Waals surface area contributed by atoms with Gasteiger partial charge in [0.25, 0.3) is 0 Å². The van der Waals surface area contributed by atoms with Gasteiger partial charge in [0.05, 0.1) is 6.10 Å². The molecule has 102 valence electrons. The SMILES string of the molecule is CCC(O)CCCN1CCCC(C(C)C)CC1. The molecule has 0 bridgehead atoms. The van der Waals surface area contributed by atoms with E-state index < -0.39 is 0 Å². The fourth-order valence-electron chi connectivity index (χ4n) is 2.83. The first-order chi connectivity index (χ1) is 8.13. The Morgan fingerprint density at radius 2 is 2.00 bits per heavy atom. The minimum absolute atomic E-state index is 0.0783. The van der Waals surface area contributed by atoms with E-state index in [0.29, 0.717) is 0 Å². The van der Waals surface area contributed by atoms with Crippen molar-refractivity contribution in [1.82, 2.24) is 4.90 Å². The summed E-state index contributed by atoms with van der Waals surface area (Å²) in [4.78, 5) is 2.60. The standard InChI is InChI=1S/C15H31NO/c1-4-15(17)8-6-11-16-10-5-7-14(9-12-16)13(2)3/h13-15,17H,4-12H2,1-3H3. The van der Waals surface area contributed by atoms with E-state index in [9.17, 15) is 5.11 Å². The maximum absolute atomic E-state index is 9.54. The van der Waals surface area contributed by atoms with Gasteiger partial charge in [-0.1, -0.05) is 20.8 Å². The molecule has 1 rings (SSSR count). The van der Waals surface area contributed by atoms with Gasteiger partial charge in [-0.3, -0.25) is 0 Å². The van der Waals surface area contributed by atoms with Crippen LogP contribution in [0.3, 0.4) is 0 Å². The summed E-state index contributed by atoms with van der Waals surface area (Å²) in [5, 5.41) is 9.54. The fourth-order valence-corrected chi connectivity index (χ4v) is 2.83. The Balaban J connectivity index is 2.18. The average Bonchev–Trinajstić information content (AvgIpc) is 2.54. The van der Waals surface area contributed by atoms with Crippen molar-refractivity contribution in [3.8, 4) is 0 Å². The molecule has 0 saturated carbocycles. The third-order valence-corrected chi connectivity index (χ3v) is 4.29. The van der Waals surface area contributed by atoms with Crippen LogP contribution in [0, 0.1) is 11.8 Å². The Morgan fingerprint density at radius 3 is 2.65 bits per heavy atom. The van der Waals surface area contributed by atoms with Crippen molar-refractivity contribution in [1.29, 1.82) is 0 Å². The lowest BCUT2D eigenvalue weighted by molar-refractivity contribution is 0.149. The molecular weight excluding hydrogens is 210 g/mol. The Morgan fingerprint density at radius 1 is 1.24 bits per heavy atom. The number of aliphatic hydroxyl groups is 1. The Hall–Kier alpha value is -0.0800. The normalized spacial score (nSPS) is 24.9. The van der Waals surface area contributed by atoms with Crippen molar-refractivity contribution in [2.24, 2.45) is 11.8 Å². The summed E-state index contributed by atoms with van der Waals surface area (Å²) in [6.07, 6.45) is 7.08. The van der Waals surface area contributed by atoms with Gasteiger partial charge in [0.1, 0.15) is 0 Å². The van der Waals surface area contributed by atoms with Crippen molar-refractivity contribution in [2.45, 2.75) is 65.4 Å². The van der Waals surface area contributed by atoms with Crippen LogP contribution in [-0.2, 0) is 0 Å². The summed E-state index contributed by atoms with van der Waals surface area (Å²) in [7, 11) is 0. The molecule has 1 aliphatic heterocycles. The van der Waals surface area contributed by atoms with Crippen molar-refractivity contribution < 1.29 is 5.11 Å². The minimum Gasteiger partial charge on any atom is -0.393 e. The van der Waals surface area contributed by atoms with Crippen molar-refractivity contribution in [3.05, 3.63) is 0 Å². The molecule has 1 fully saturated rings. The maximum atomic E-state index is 9.54. The molecule has 0 amide bonds. The van der Waals surface area contributed by atoms with Crippen molar-refractivity contribution in [3.63, 3.8) is 0 Å². The van der Waals surface area contributed by atoms with Crippen LogP contribution in [0.1, 0.15) is 59.3 Å². The van der Waals surface area contributed by atoms with E-state index in [1.54, 1.807) is 0 Å². The highest BCUT2D eigenvalue weighted by Gasteiger charge is 2.19. The van der Waals surface area contributed by atoms with Crippen LogP contribution in [-0.4, -0.2) is 35.7 Å². The lowest BCUT2D eigenvalue weighted by Gasteiger charge is -2.21. The van der Waals surface area contributed by atoms with Gasteiger partial charge in [-0.05, 0) is 70.0 Å². The number of hydrogen-bond donors (Lipinski definition) is 1. The minimum atomic E-state index is -0.0783. The summed E-state index contributed by atoms with van der Waals surface area (Å²) < 4.78 is 0. The lowest BCUT2D eigenvalue weighted by Crippen LogP contribution is -2.27. The van der Waals surface area contributed by atoms with Gasteiger partial charge in [0.2, 0.25) is 0 Å². The zero-order valence-corrected chi connectivity index (χ0v) is 12.0. The van der Waals surface area contributed by atoms with Crippen molar-refractivity contribution >= 4 is 0 Å². The van der Waals surface area contributed by atoms with E-state index >= 15 is 0 Å². The van der Waals surface area contributed by atoms with Gasteiger partial charge >= 0.3 is 0 Å². The molecule has 1 heterocycles. The molecule has 0 aromatic carbocycles.